The van der Waals surface area contributed by atoms with Crippen molar-refractivity contribution in [2.45, 2.75) is 51.0 Å². The van der Waals surface area contributed by atoms with Crippen molar-refractivity contribution in [2.75, 3.05) is 13.1 Å². The number of esters is 1. The van der Waals surface area contributed by atoms with Gasteiger partial charge in [-0.05, 0) is 63.4 Å². The Morgan fingerprint density at radius 3 is 2.42 bits per heavy atom. The number of hydrogen-bond acceptors (Lipinski definition) is 7. The van der Waals surface area contributed by atoms with E-state index in [9.17, 15) is 13.2 Å². The number of aromatic nitrogens is 2. The van der Waals surface area contributed by atoms with Crippen molar-refractivity contribution in [1.82, 2.24) is 14.5 Å². The van der Waals surface area contributed by atoms with Crippen LogP contribution in [0.4, 0.5) is 0 Å². The van der Waals surface area contributed by atoms with Gasteiger partial charge in [0.2, 0.25) is 15.9 Å². The maximum atomic E-state index is 13.1. The fraction of sp³-hybridized carbons (Fsp3) is 0.375. The lowest BCUT2D eigenvalue weighted by Gasteiger charge is -2.26. The van der Waals surface area contributed by atoms with Crippen molar-refractivity contribution < 1.29 is 22.4 Å². The molecule has 1 unspecified atom stereocenters. The number of piperidine rings is 1. The molecule has 0 saturated carbocycles. The number of benzene rings is 2. The minimum absolute atomic E-state index is 0.131. The quantitative estimate of drug-likeness (QED) is 0.492. The molecule has 1 aliphatic heterocycles. The highest BCUT2D eigenvalue weighted by Gasteiger charge is 2.29. The van der Waals surface area contributed by atoms with E-state index >= 15 is 0 Å². The predicted molar refractivity (Wildman–Crippen MR) is 122 cm³/mol. The van der Waals surface area contributed by atoms with Gasteiger partial charge >= 0.3 is 5.97 Å². The van der Waals surface area contributed by atoms with E-state index in [2.05, 4.69) is 10.2 Å². The number of carbonyl (C=O) groups excluding carboxylic acids is 1. The first-order chi connectivity index (χ1) is 15.8. The number of ether oxygens (including phenoxy) is 1. The van der Waals surface area contributed by atoms with E-state index in [0.717, 1.165) is 30.4 Å². The van der Waals surface area contributed by atoms with Crippen LogP contribution in [0, 0.1) is 13.8 Å². The molecule has 1 fully saturated rings. The molecule has 2 heterocycles. The summed E-state index contributed by atoms with van der Waals surface area (Å²) in [6.45, 7) is 6.32. The van der Waals surface area contributed by atoms with E-state index < -0.39 is 22.1 Å². The van der Waals surface area contributed by atoms with E-state index in [-0.39, 0.29) is 16.3 Å². The molecule has 1 aliphatic rings. The summed E-state index contributed by atoms with van der Waals surface area (Å²) >= 11 is 0. The molecule has 1 saturated heterocycles. The molecule has 1 aromatic heterocycles. The number of sulfonamides is 1. The molecule has 3 aromatic rings. The average Bonchev–Trinajstić information content (AvgIpc) is 3.31. The smallest absolute Gasteiger partial charge is 0.338 e. The van der Waals surface area contributed by atoms with E-state index in [0.29, 0.717) is 24.5 Å². The van der Waals surface area contributed by atoms with Crippen LogP contribution in [0.15, 0.2) is 51.8 Å². The first-order valence-electron chi connectivity index (χ1n) is 11.0. The van der Waals surface area contributed by atoms with Crippen LogP contribution in [0.25, 0.3) is 11.5 Å². The number of hydrogen-bond donors (Lipinski definition) is 0. The molecule has 2 aromatic carbocycles. The van der Waals surface area contributed by atoms with Gasteiger partial charge in [0, 0.05) is 18.7 Å². The Bertz CT molecular complexity index is 1250. The highest BCUT2D eigenvalue weighted by molar-refractivity contribution is 7.89. The number of rotatable bonds is 6. The molecular weight excluding hydrogens is 442 g/mol. The first kappa shape index (κ1) is 23.1. The van der Waals surface area contributed by atoms with Gasteiger partial charge in [-0.25, -0.2) is 13.2 Å². The zero-order valence-electron chi connectivity index (χ0n) is 18.9. The SMILES string of the molecule is Cc1ccc(-c2nnc(C(C)OC(=O)c3ccc(C)c(S(=O)(=O)N4CCCCC4)c3)o2)cc1. The lowest BCUT2D eigenvalue weighted by atomic mass is 10.1. The van der Waals surface area contributed by atoms with Crippen molar-refractivity contribution in [3.63, 3.8) is 0 Å². The minimum atomic E-state index is -3.68. The third-order valence-electron chi connectivity index (χ3n) is 5.73. The van der Waals surface area contributed by atoms with Gasteiger partial charge in [0.15, 0.2) is 6.10 Å². The zero-order chi connectivity index (χ0) is 23.6. The molecule has 0 spiro atoms. The maximum absolute atomic E-state index is 13.1. The highest BCUT2D eigenvalue weighted by atomic mass is 32.2. The normalized spacial score (nSPS) is 15.8. The number of nitrogens with zero attached hydrogens (tertiary/aromatic N) is 3. The van der Waals surface area contributed by atoms with Gasteiger partial charge in [0.05, 0.1) is 10.5 Å². The molecule has 9 heteroatoms. The predicted octanol–water partition coefficient (Wildman–Crippen LogP) is 4.45. The van der Waals surface area contributed by atoms with Crippen LogP contribution in [-0.4, -0.2) is 42.0 Å². The van der Waals surface area contributed by atoms with Crippen LogP contribution >= 0.6 is 0 Å². The molecule has 8 nitrogen and oxygen atoms in total. The van der Waals surface area contributed by atoms with Gasteiger partial charge in [-0.1, -0.05) is 30.2 Å². The van der Waals surface area contributed by atoms with Crippen LogP contribution in [0.1, 0.15) is 59.7 Å². The molecule has 1 atom stereocenters. The summed E-state index contributed by atoms with van der Waals surface area (Å²) < 4.78 is 38.9. The highest BCUT2D eigenvalue weighted by Crippen LogP contribution is 2.27. The molecule has 0 aliphatic carbocycles. The summed E-state index contributed by atoms with van der Waals surface area (Å²) in [4.78, 5) is 12.9. The Morgan fingerprint density at radius 2 is 1.73 bits per heavy atom. The molecule has 174 valence electrons. The van der Waals surface area contributed by atoms with Gasteiger partial charge in [0.25, 0.3) is 5.89 Å². The Hall–Kier alpha value is -3.04. The van der Waals surface area contributed by atoms with Crippen molar-refractivity contribution in [3.8, 4) is 11.5 Å². The molecule has 0 radical (unpaired) electrons. The second kappa shape index (κ2) is 9.44. The second-order valence-corrected chi connectivity index (χ2v) is 10.2. The van der Waals surface area contributed by atoms with Crippen LogP contribution in [0.2, 0.25) is 0 Å². The molecular formula is C24H27N3O5S. The Kier molecular flexibility index (Phi) is 6.62. The fourth-order valence-electron chi connectivity index (χ4n) is 3.74. The van der Waals surface area contributed by atoms with Crippen LogP contribution in [0.5, 0.6) is 0 Å². The van der Waals surface area contributed by atoms with Crippen LogP contribution in [-0.2, 0) is 14.8 Å². The summed E-state index contributed by atoms with van der Waals surface area (Å²) in [5, 5.41) is 8.03. The molecule has 0 N–H and O–H groups in total. The molecule has 0 bridgehead atoms. The van der Waals surface area contributed by atoms with Crippen LogP contribution in [0.3, 0.4) is 0 Å². The van der Waals surface area contributed by atoms with Gasteiger partial charge < -0.3 is 9.15 Å². The molecule has 33 heavy (non-hydrogen) atoms. The standard InChI is InChI=1S/C24H27N3O5S/c1-16-7-10-19(11-8-16)23-26-25-22(32-23)18(3)31-24(28)20-12-9-17(2)21(15-20)33(29,30)27-13-5-4-6-14-27/h7-12,15,18H,4-6,13-14H2,1-3H3. The van der Waals surface area contributed by atoms with E-state index in [4.69, 9.17) is 9.15 Å². The summed E-state index contributed by atoms with van der Waals surface area (Å²) in [7, 11) is -3.68. The molecule has 4 rings (SSSR count). The van der Waals surface area contributed by atoms with Crippen molar-refractivity contribution in [1.29, 1.82) is 0 Å². The third kappa shape index (κ3) is 4.99. The Balaban J connectivity index is 1.51. The largest absolute Gasteiger partial charge is 0.449 e. The number of carbonyl (C=O) groups is 1. The third-order valence-corrected chi connectivity index (χ3v) is 7.77. The minimum Gasteiger partial charge on any atom is -0.449 e. The van der Waals surface area contributed by atoms with E-state index in [1.165, 1.54) is 10.4 Å². The van der Waals surface area contributed by atoms with E-state index in [1.54, 1.807) is 26.0 Å². The summed E-state index contributed by atoms with van der Waals surface area (Å²) in [5.74, 6) is -0.168. The second-order valence-electron chi connectivity index (χ2n) is 8.30. The van der Waals surface area contributed by atoms with Gasteiger partial charge in [0.1, 0.15) is 0 Å². The summed E-state index contributed by atoms with van der Waals surface area (Å²) in [6.07, 6.45) is 1.91. The van der Waals surface area contributed by atoms with Crippen molar-refractivity contribution >= 4 is 16.0 Å². The van der Waals surface area contributed by atoms with Gasteiger partial charge in [-0.3, -0.25) is 0 Å². The lowest BCUT2D eigenvalue weighted by molar-refractivity contribution is 0.0279. The topological polar surface area (TPSA) is 103 Å². The lowest BCUT2D eigenvalue weighted by Crippen LogP contribution is -2.36. The molecule has 0 amide bonds. The maximum Gasteiger partial charge on any atom is 0.338 e. The summed E-state index contributed by atoms with van der Waals surface area (Å²) in [5.41, 5.74) is 2.62. The van der Waals surface area contributed by atoms with Gasteiger partial charge in [-0.15, -0.1) is 10.2 Å². The Morgan fingerprint density at radius 1 is 1.03 bits per heavy atom. The Labute approximate surface area is 193 Å². The van der Waals surface area contributed by atoms with Crippen LogP contribution < -0.4 is 0 Å². The fourth-order valence-corrected chi connectivity index (χ4v) is 5.51. The average molecular weight is 470 g/mol. The monoisotopic (exact) mass is 469 g/mol. The van der Waals surface area contributed by atoms with Crippen molar-refractivity contribution in [2.24, 2.45) is 0 Å². The van der Waals surface area contributed by atoms with Gasteiger partial charge in [-0.2, -0.15) is 4.31 Å². The first-order valence-corrected chi connectivity index (χ1v) is 12.4. The number of aryl methyl sites for hydroxylation is 2. The van der Waals surface area contributed by atoms with Crippen molar-refractivity contribution in [3.05, 3.63) is 65.0 Å². The van der Waals surface area contributed by atoms with E-state index in [1.807, 2.05) is 31.2 Å². The summed E-state index contributed by atoms with van der Waals surface area (Å²) in [6, 6.07) is 12.2. The zero-order valence-corrected chi connectivity index (χ0v) is 19.8.